The molecule has 0 saturated heterocycles. The molecule has 1 atom stereocenters. The topological polar surface area (TPSA) is 70.5 Å². The first-order valence-corrected chi connectivity index (χ1v) is 9.28. The van der Waals surface area contributed by atoms with E-state index in [1.807, 2.05) is 13.2 Å². The zero-order valence-corrected chi connectivity index (χ0v) is 14.0. The molecule has 0 saturated carbocycles. The molecule has 0 bridgehead atoms. The molecule has 0 aliphatic rings. The van der Waals surface area contributed by atoms with E-state index in [9.17, 15) is 8.42 Å². The van der Waals surface area contributed by atoms with Crippen LogP contribution in [-0.4, -0.2) is 54.5 Å². The second-order valence-corrected chi connectivity index (χ2v) is 7.50. The summed E-state index contributed by atoms with van der Waals surface area (Å²) in [5.74, 6) is 6.04. The van der Waals surface area contributed by atoms with Gasteiger partial charge in [-0.1, -0.05) is 11.8 Å². The Labute approximate surface area is 130 Å². The van der Waals surface area contributed by atoms with Crippen LogP contribution in [0.3, 0.4) is 0 Å². The smallest absolute Gasteiger partial charge is 0.244 e. The van der Waals surface area contributed by atoms with Crippen molar-refractivity contribution in [1.82, 2.24) is 9.29 Å². The van der Waals surface area contributed by atoms with Gasteiger partial charge in [0.1, 0.15) is 11.5 Å². The molecular weight excluding hydrogens is 308 g/mol. The summed E-state index contributed by atoms with van der Waals surface area (Å²) >= 11 is 1.69. The average molecular weight is 328 g/mol. The number of thioether (sulfide) groups is 1. The van der Waals surface area contributed by atoms with Crippen LogP contribution in [0.4, 0.5) is 0 Å². The van der Waals surface area contributed by atoms with Crippen molar-refractivity contribution in [2.24, 2.45) is 0 Å². The van der Waals surface area contributed by atoms with Gasteiger partial charge in [-0.05, 0) is 31.4 Å². The molecule has 1 unspecified atom stereocenters. The van der Waals surface area contributed by atoms with Gasteiger partial charge in [-0.3, -0.25) is 4.98 Å². The third-order valence-corrected chi connectivity index (χ3v) is 5.64. The lowest BCUT2D eigenvalue weighted by molar-refractivity contribution is 0.350. The molecule has 116 valence electrons. The Morgan fingerprint density at radius 1 is 1.48 bits per heavy atom. The van der Waals surface area contributed by atoms with Gasteiger partial charge in [0, 0.05) is 31.0 Å². The summed E-state index contributed by atoms with van der Waals surface area (Å²) in [5, 5.41) is 8.68. The highest BCUT2D eigenvalue weighted by Gasteiger charge is 2.25. The van der Waals surface area contributed by atoms with Crippen LogP contribution in [0, 0.1) is 11.8 Å². The highest BCUT2D eigenvalue weighted by molar-refractivity contribution is 7.98. The molecule has 21 heavy (non-hydrogen) atoms. The molecule has 1 N–H and O–H groups in total. The molecule has 0 spiro atoms. The molecule has 0 fully saturated rings. The first-order chi connectivity index (χ1) is 9.93. The molecule has 1 heterocycles. The number of aliphatic hydroxyl groups excluding tert-OH is 1. The van der Waals surface area contributed by atoms with Gasteiger partial charge in [0.05, 0.1) is 0 Å². The minimum atomic E-state index is -3.58. The summed E-state index contributed by atoms with van der Waals surface area (Å²) in [5.41, 5.74) is 0.468. The first kappa shape index (κ1) is 18.0. The fourth-order valence-electron chi connectivity index (χ4n) is 1.64. The van der Waals surface area contributed by atoms with Crippen LogP contribution in [0.5, 0.6) is 0 Å². The summed E-state index contributed by atoms with van der Waals surface area (Å²) in [6.45, 7) is 1.61. The lowest BCUT2D eigenvalue weighted by Crippen LogP contribution is -2.35. The number of aromatic nitrogens is 1. The molecule has 0 amide bonds. The summed E-state index contributed by atoms with van der Waals surface area (Å²) < 4.78 is 26.5. The van der Waals surface area contributed by atoms with E-state index >= 15 is 0 Å². The van der Waals surface area contributed by atoms with E-state index in [2.05, 4.69) is 16.8 Å². The van der Waals surface area contributed by atoms with Crippen LogP contribution in [0.2, 0.25) is 0 Å². The van der Waals surface area contributed by atoms with Crippen LogP contribution >= 0.6 is 11.8 Å². The van der Waals surface area contributed by atoms with Gasteiger partial charge in [0.15, 0.2) is 0 Å². The standard InChI is InChI=1S/C14H20N2O3S2/c1-12(6-8-20-3)16(2)21(18,19)14-9-13(5-4-7-17)10-15-11-14/h9-12,17H,6-8H2,1-3H3. The third-order valence-electron chi connectivity index (χ3n) is 3.06. The van der Waals surface area contributed by atoms with E-state index in [1.165, 1.54) is 22.8 Å². The Morgan fingerprint density at radius 3 is 2.81 bits per heavy atom. The lowest BCUT2D eigenvalue weighted by atomic mass is 10.3. The Kier molecular flexibility index (Phi) is 7.18. The summed E-state index contributed by atoms with van der Waals surface area (Å²) in [7, 11) is -2.01. The lowest BCUT2D eigenvalue weighted by Gasteiger charge is -2.24. The van der Waals surface area contributed by atoms with Crippen molar-refractivity contribution in [1.29, 1.82) is 0 Å². The maximum Gasteiger partial charge on any atom is 0.244 e. The number of hydrogen-bond acceptors (Lipinski definition) is 5. The molecule has 1 rings (SSSR count). The van der Waals surface area contributed by atoms with Gasteiger partial charge in [-0.25, -0.2) is 8.42 Å². The van der Waals surface area contributed by atoms with E-state index in [-0.39, 0.29) is 17.5 Å². The van der Waals surface area contributed by atoms with Crippen LogP contribution in [0.1, 0.15) is 18.9 Å². The maximum atomic E-state index is 12.5. The van der Waals surface area contributed by atoms with Gasteiger partial charge in [-0.15, -0.1) is 0 Å². The highest BCUT2D eigenvalue weighted by Crippen LogP contribution is 2.18. The molecule has 1 aromatic rings. The summed E-state index contributed by atoms with van der Waals surface area (Å²) in [6, 6.07) is 1.39. The molecule has 0 aliphatic carbocycles. The Hall–Kier alpha value is -1.07. The monoisotopic (exact) mass is 328 g/mol. The van der Waals surface area contributed by atoms with Gasteiger partial charge in [0.25, 0.3) is 0 Å². The molecule has 1 aromatic heterocycles. The number of pyridine rings is 1. The average Bonchev–Trinajstić information content (AvgIpc) is 2.50. The van der Waals surface area contributed by atoms with Crippen molar-refractivity contribution >= 4 is 21.8 Å². The zero-order valence-electron chi connectivity index (χ0n) is 12.4. The summed E-state index contributed by atoms with van der Waals surface area (Å²) in [6.07, 6.45) is 5.57. The molecular formula is C14H20N2O3S2. The molecule has 0 aromatic carbocycles. The second kappa shape index (κ2) is 8.39. The minimum absolute atomic E-state index is 0.0883. The molecule has 7 heteroatoms. The van der Waals surface area contributed by atoms with Crippen molar-refractivity contribution in [2.75, 3.05) is 25.7 Å². The number of hydrogen-bond donors (Lipinski definition) is 1. The quantitative estimate of drug-likeness (QED) is 0.794. The van der Waals surface area contributed by atoms with Crippen LogP contribution in [0.15, 0.2) is 23.4 Å². The predicted molar refractivity (Wildman–Crippen MR) is 85.6 cm³/mol. The summed E-state index contributed by atoms with van der Waals surface area (Å²) in [4.78, 5) is 4.03. The Bertz CT molecular complexity index is 621. The fourth-order valence-corrected chi connectivity index (χ4v) is 3.60. The first-order valence-electron chi connectivity index (χ1n) is 6.45. The normalized spacial score (nSPS) is 12.8. The van der Waals surface area contributed by atoms with Crippen LogP contribution in [-0.2, 0) is 10.0 Å². The second-order valence-electron chi connectivity index (χ2n) is 4.52. The van der Waals surface area contributed by atoms with Gasteiger partial charge in [0.2, 0.25) is 10.0 Å². The fraction of sp³-hybridized carbons (Fsp3) is 0.500. The zero-order chi connectivity index (χ0) is 15.9. The van der Waals surface area contributed by atoms with E-state index < -0.39 is 10.0 Å². The van der Waals surface area contributed by atoms with Crippen molar-refractivity contribution in [2.45, 2.75) is 24.3 Å². The van der Waals surface area contributed by atoms with Gasteiger partial charge >= 0.3 is 0 Å². The van der Waals surface area contributed by atoms with E-state index in [4.69, 9.17) is 5.11 Å². The van der Waals surface area contributed by atoms with E-state index in [1.54, 1.807) is 18.8 Å². The van der Waals surface area contributed by atoms with E-state index in [0.717, 1.165) is 12.2 Å². The van der Waals surface area contributed by atoms with Crippen LogP contribution < -0.4 is 0 Å². The molecule has 0 radical (unpaired) electrons. The van der Waals surface area contributed by atoms with Crippen LogP contribution in [0.25, 0.3) is 0 Å². The number of sulfonamides is 1. The highest BCUT2D eigenvalue weighted by atomic mass is 32.2. The van der Waals surface area contributed by atoms with Gasteiger partial charge < -0.3 is 5.11 Å². The molecule has 0 aliphatic heterocycles. The van der Waals surface area contributed by atoms with Crippen molar-refractivity contribution in [3.05, 3.63) is 24.0 Å². The predicted octanol–water partition coefficient (Wildman–Crippen LogP) is 1.19. The van der Waals surface area contributed by atoms with Crippen molar-refractivity contribution in [3.8, 4) is 11.8 Å². The number of rotatable bonds is 6. The Balaban J connectivity index is 3.01. The SMILES string of the molecule is CSCCC(C)N(C)S(=O)(=O)c1cncc(C#CCO)c1. The number of nitrogens with zero attached hydrogens (tertiary/aromatic N) is 2. The van der Waals surface area contributed by atoms with Gasteiger partial charge in [-0.2, -0.15) is 16.1 Å². The third kappa shape index (κ3) is 5.00. The maximum absolute atomic E-state index is 12.5. The largest absolute Gasteiger partial charge is 0.384 e. The minimum Gasteiger partial charge on any atom is -0.384 e. The molecule has 5 nitrogen and oxygen atoms in total. The van der Waals surface area contributed by atoms with E-state index in [0.29, 0.717) is 5.56 Å². The van der Waals surface area contributed by atoms with Crippen molar-refractivity contribution < 1.29 is 13.5 Å². The van der Waals surface area contributed by atoms with Crippen molar-refractivity contribution in [3.63, 3.8) is 0 Å². The number of aliphatic hydroxyl groups is 1. The Morgan fingerprint density at radius 2 is 2.19 bits per heavy atom.